The van der Waals surface area contributed by atoms with Crippen LogP contribution in [0.1, 0.15) is 80.6 Å². The van der Waals surface area contributed by atoms with Gasteiger partial charge in [-0.25, -0.2) is 0 Å². The van der Waals surface area contributed by atoms with Crippen LogP contribution in [0.15, 0.2) is 91.0 Å². The fraction of sp³-hybridized carbons (Fsp3) is 0.326. The molecule has 3 fully saturated rings. The summed E-state index contributed by atoms with van der Waals surface area (Å²) in [6.45, 7) is 4.56. The lowest BCUT2D eigenvalue weighted by Gasteiger charge is -2.54. The minimum Gasteiger partial charge on any atom is -0.508 e. The van der Waals surface area contributed by atoms with Crippen LogP contribution in [0, 0.1) is 5.41 Å². The monoisotopic (exact) mass is 797 g/mol. The summed E-state index contributed by atoms with van der Waals surface area (Å²) in [6.07, 6.45) is 2.90. The molecule has 0 radical (unpaired) electrons. The molecule has 5 aliphatic heterocycles. The van der Waals surface area contributed by atoms with Gasteiger partial charge in [-0.15, -0.1) is 11.6 Å². The Morgan fingerprint density at radius 2 is 1.40 bits per heavy atom. The maximum absolute atomic E-state index is 13.5. The fourth-order valence-electron chi connectivity index (χ4n) is 9.47. The van der Waals surface area contributed by atoms with Gasteiger partial charge >= 0.3 is 0 Å². The highest BCUT2D eigenvalue weighted by atomic mass is 35.5. The number of carbonyl (C=O) groups is 5. The number of hydrogen-bond donors (Lipinski definition) is 2. The topological polar surface area (TPSA) is 131 Å². The van der Waals surface area contributed by atoms with Crippen LogP contribution in [0.3, 0.4) is 0 Å². The van der Waals surface area contributed by atoms with E-state index < -0.39 is 29.7 Å². The zero-order chi connectivity index (χ0) is 40.1. The molecule has 1 spiro atoms. The van der Waals surface area contributed by atoms with Gasteiger partial charge in [-0.2, -0.15) is 0 Å². The number of halogens is 1. The predicted octanol–water partition coefficient (Wildman–Crippen LogP) is 5.83. The van der Waals surface area contributed by atoms with Crippen molar-refractivity contribution in [3.8, 4) is 5.75 Å². The molecule has 3 saturated heterocycles. The first-order valence-electron chi connectivity index (χ1n) is 20.0. The summed E-state index contributed by atoms with van der Waals surface area (Å²) in [6, 6.07) is 28.9. The Balaban J connectivity index is 0.803. The number of phenolic OH excluding ortho intramolecular Hbond substituents is 1. The summed E-state index contributed by atoms with van der Waals surface area (Å²) >= 11 is 6.35. The van der Waals surface area contributed by atoms with Gasteiger partial charge in [0.2, 0.25) is 17.7 Å². The summed E-state index contributed by atoms with van der Waals surface area (Å²) in [5, 5.41) is 12.3. The van der Waals surface area contributed by atoms with E-state index in [2.05, 4.69) is 46.6 Å². The van der Waals surface area contributed by atoms with Crippen molar-refractivity contribution in [2.24, 2.45) is 5.41 Å². The summed E-state index contributed by atoms with van der Waals surface area (Å²) in [5.41, 5.74) is 9.10. The van der Waals surface area contributed by atoms with Crippen molar-refractivity contribution in [3.05, 3.63) is 130 Å². The molecule has 296 valence electrons. The standard InChI is InChI=1S/C46H44ClN5O6/c47-19-16-36(29-4-2-1-3-5-29)42(31-8-12-35(53)13-9-31)30-6-10-34(11-7-30)50-20-17-46(18-21-50)27-51(28-46)41(55)26-49-24-32-22-37-38(23-33(32)25-49)45(58)52(44(37)57)39-14-15-40(54)48-43(39)56/h1-13,22-23,39,53H,14-21,24-28H2,(H,48,54,56)/b42-36+. The van der Waals surface area contributed by atoms with Crippen molar-refractivity contribution in [2.75, 3.05) is 43.5 Å². The fourth-order valence-corrected chi connectivity index (χ4v) is 9.66. The van der Waals surface area contributed by atoms with Crippen LogP contribution < -0.4 is 10.2 Å². The number of benzene rings is 4. The number of imide groups is 2. The SMILES string of the molecule is O=C1CCC(N2C(=O)c3cc4c(cc3C2=O)CN(CC(=O)N2CC3(CCN(c5ccc(/C(=C(/CCCl)c6ccccc6)c6ccc(O)cc6)cc5)CC3)C2)C4)C(=O)N1. The van der Waals surface area contributed by atoms with E-state index in [1.54, 1.807) is 24.3 Å². The highest BCUT2D eigenvalue weighted by Gasteiger charge is 2.48. The van der Waals surface area contributed by atoms with Crippen LogP contribution in [-0.2, 0) is 27.5 Å². The van der Waals surface area contributed by atoms with Gasteiger partial charge in [0.25, 0.3) is 11.8 Å². The van der Waals surface area contributed by atoms with Gasteiger partial charge in [0.1, 0.15) is 11.8 Å². The summed E-state index contributed by atoms with van der Waals surface area (Å²) in [5.74, 6) is -1.28. The minimum absolute atomic E-state index is 0.0743. The number of likely N-dealkylation sites (tertiary alicyclic amines) is 1. The van der Waals surface area contributed by atoms with Crippen LogP contribution in [-0.4, -0.2) is 94.0 Å². The molecule has 0 aromatic heterocycles. The summed E-state index contributed by atoms with van der Waals surface area (Å²) < 4.78 is 0. The van der Waals surface area contributed by atoms with Crippen LogP contribution in [0.4, 0.5) is 5.69 Å². The molecule has 5 amide bonds. The molecule has 0 aliphatic carbocycles. The first-order chi connectivity index (χ1) is 28.1. The van der Waals surface area contributed by atoms with E-state index >= 15 is 0 Å². The summed E-state index contributed by atoms with van der Waals surface area (Å²) in [7, 11) is 0. The van der Waals surface area contributed by atoms with E-state index in [-0.39, 0.29) is 47.6 Å². The second kappa shape index (κ2) is 15.2. The Bertz CT molecular complexity index is 2300. The average Bonchev–Trinajstić information content (AvgIpc) is 3.72. The van der Waals surface area contributed by atoms with E-state index in [1.165, 1.54) is 5.69 Å². The maximum Gasteiger partial charge on any atom is 0.262 e. The molecule has 1 unspecified atom stereocenters. The number of alkyl halides is 1. The normalized spacial score (nSPS) is 20.5. The molecular formula is C46H44ClN5O6. The van der Waals surface area contributed by atoms with Gasteiger partial charge in [-0.05, 0) is 101 Å². The number of nitrogens with one attached hydrogen (secondary N) is 1. The number of piperidine rings is 2. The van der Waals surface area contributed by atoms with Gasteiger partial charge in [0.15, 0.2) is 0 Å². The van der Waals surface area contributed by atoms with Gasteiger partial charge in [0, 0.05) is 62.7 Å². The van der Waals surface area contributed by atoms with Crippen molar-refractivity contribution in [1.82, 2.24) is 20.0 Å². The molecule has 0 saturated carbocycles. The molecule has 0 bridgehead atoms. The Morgan fingerprint density at radius 3 is 1.98 bits per heavy atom. The largest absolute Gasteiger partial charge is 0.508 e. The Hall–Kier alpha value is -5.78. The number of amides is 5. The first-order valence-corrected chi connectivity index (χ1v) is 20.5. The third-order valence-electron chi connectivity index (χ3n) is 12.6. The molecule has 5 aliphatic rings. The molecule has 4 aromatic carbocycles. The zero-order valence-corrected chi connectivity index (χ0v) is 32.8. The van der Waals surface area contributed by atoms with Crippen molar-refractivity contribution >= 4 is 58.0 Å². The van der Waals surface area contributed by atoms with Crippen molar-refractivity contribution in [2.45, 2.75) is 51.2 Å². The van der Waals surface area contributed by atoms with Crippen molar-refractivity contribution in [1.29, 1.82) is 0 Å². The number of hydrogen-bond acceptors (Lipinski definition) is 8. The van der Waals surface area contributed by atoms with Crippen LogP contribution >= 0.6 is 11.6 Å². The zero-order valence-electron chi connectivity index (χ0n) is 32.1. The number of rotatable bonds is 9. The number of phenols is 1. The number of aromatic hydroxyl groups is 1. The van der Waals surface area contributed by atoms with Gasteiger partial charge in [-0.3, -0.25) is 39.1 Å². The third-order valence-corrected chi connectivity index (χ3v) is 12.8. The Morgan fingerprint density at radius 1 is 0.793 bits per heavy atom. The smallest absolute Gasteiger partial charge is 0.262 e. The molecule has 58 heavy (non-hydrogen) atoms. The predicted molar refractivity (Wildman–Crippen MR) is 220 cm³/mol. The lowest BCUT2D eigenvalue weighted by atomic mass is 9.72. The van der Waals surface area contributed by atoms with Gasteiger partial charge in [-0.1, -0.05) is 54.6 Å². The van der Waals surface area contributed by atoms with Gasteiger partial charge in [0.05, 0.1) is 17.7 Å². The highest BCUT2D eigenvalue weighted by molar-refractivity contribution is 6.23. The molecular weight excluding hydrogens is 754 g/mol. The number of anilines is 1. The molecule has 12 heteroatoms. The second-order valence-corrected chi connectivity index (χ2v) is 16.6. The number of nitrogens with zero attached hydrogens (tertiary/aromatic N) is 4. The quantitative estimate of drug-likeness (QED) is 0.123. The minimum atomic E-state index is -0.997. The lowest BCUT2D eigenvalue weighted by Crippen LogP contribution is -2.63. The lowest BCUT2D eigenvalue weighted by molar-refractivity contribution is -0.146. The van der Waals surface area contributed by atoms with E-state index in [0.29, 0.717) is 25.4 Å². The van der Waals surface area contributed by atoms with Crippen LogP contribution in [0.25, 0.3) is 11.1 Å². The molecule has 4 aromatic rings. The van der Waals surface area contributed by atoms with Crippen LogP contribution in [0.2, 0.25) is 0 Å². The van der Waals surface area contributed by atoms with Gasteiger partial charge < -0.3 is 14.9 Å². The van der Waals surface area contributed by atoms with E-state index in [9.17, 15) is 29.1 Å². The molecule has 2 N–H and O–H groups in total. The summed E-state index contributed by atoms with van der Waals surface area (Å²) in [4.78, 5) is 71.6. The molecule has 11 nitrogen and oxygen atoms in total. The highest BCUT2D eigenvalue weighted by Crippen LogP contribution is 2.43. The number of fused-ring (bicyclic) bond motifs is 2. The van der Waals surface area contributed by atoms with E-state index in [4.69, 9.17) is 11.6 Å². The Labute approximate surface area is 341 Å². The molecule has 1 atom stereocenters. The average molecular weight is 798 g/mol. The number of carbonyl (C=O) groups excluding carboxylic acids is 5. The van der Waals surface area contributed by atoms with E-state index in [1.807, 2.05) is 40.1 Å². The number of allylic oxidation sites excluding steroid dienone is 1. The Kier molecular flexibility index (Phi) is 9.89. The second-order valence-electron chi connectivity index (χ2n) is 16.2. The maximum atomic E-state index is 13.5. The third kappa shape index (κ3) is 6.96. The first kappa shape index (κ1) is 37.8. The molecule has 5 heterocycles. The van der Waals surface area contributed by atoms with Crippen molar-refractivity contribution in [3.63, 3.8) is 0 Å². The van der Waals surface area contributed by atoms with Crippen molar-refractivity contribution < 1.29 is 29.1 Å². The van der Waals surface area contributed by atoms with Crippen LogP contribution in [0.5, 0.6) is 5.75 Å². The molecule has 9 rings (SSSR count). The van der Waals surface area contributed by atoms with E-state index in [0.717, 1.165) is 82.9 Å².